The van der Waals surface area contributed by atoms with Gasteiger partial charge in [0.1, 0.15) is 5.82 Å². The number of nitrogens with zero attached hydrogens (tertiary/aromatic N) is 1. The topological polar surface area (TPSA) is 48.9 Å². The minimum absolute atomic E-state index is 0.0473. The van der Waals surface area contributed by atoms with E-state index < -0.39 is 0 Å². The van der Waals surface area contributed by atoms with Crippen LogP contribution in [0.5, 0.6) is 0 Å². The highest BCUT2D eigenvalue weighted by molar-refractivity contribution is 5.76. The Bertz CT molecular complexity index is 526. The van der Waals surface area contributed by atoms with Crippen molar-refractivity contribution in [1.82, 2.24) is 9.97 Å². The average Bonchev–Trinajstić information content (AvgIpc) is 3.01. The van der Waals surface area contributed by atoms with E-state index in [0.29, 0.717) is 0 Å². The van der Waals surface area contributed by atoms with Crippen molar-refractivity contribution >= 4 is 11.0 Å². The lowest BCUT2D eigenvalue weighted by Gasteiger charge is -2.11. The van der Waals surface area contributed by atoms with Crippen LogP contribution in [0.1, 0.15) is 31.2 Å². The minimum Gasteiger partial charge on any atom is -0.395 e. The fraction of sp³-hybridized carbons (Fsp3) is 0.462. The molecule has 1 aliphatic rings. The van der Waals surface area contributed by atoms with E-state index in [1.807, 2.05) is 0 Å². The second-order valence-electron chi connectivity index (χ2n) is 4.71. The van der Waals surface area contributed by atoms with Crippen LogP contribution in [0.15, 0.2) is 18.2 Å². The Labute approximate surface area is 94.5 Å². The number of H-pyrrole nitrogens is 1. The fourth-order valence-electron chi connectivity index (χ4n) is 2.25. The van der Waals surface area contributed by atoms with E-state index in [4.69, 9.17) is 0 Å². The van der Waals surface area contributed by atoms with Crippen LogP contribution in [0.25, 0.3) is 11.0 Å². The van der Waals surface area contributed by atoms with Gasteiger partial charge in [0, 0.05) is 11.8 Å². The summed E-state index contributed by atoms with van der Waals surface area (Å²) >= 11 is 0. The molecule has 0 atom stereocenters. The minimum atomic E-state index is 0.0473. The van der Waals surface area contributed by atoms with Crippen molar-refractivity contribution < 1.29 is 5.11 Å². The van der Waals surface area contributed by atoms with Crippen molar-refractivity contribution in [2.24, 2.45) is 0 Å². The highest BCUT2D eigenvalue weighted by Crippen LogP contribution is 2.48. The summed E-state index contributed by atoms with van der Waals surface area (Å²) in [7, 11) is 0. The molecule has 1 saturated carbocycles. The molecule has 0 spiro atoms. The molecule has 0 aliphatic heterocycles. The van der Waals surface area contributed by atoms with Crippen molar-refractivity contribution in [3.63, 3.8) is 0 Å². The number of nitrogens with one attached hydrogen (secondary N) is 1. The average molecular weight is 216 g/mol. The Balaban J connectivity index is 2.08. The third-order valence-electron chi connectivity index (χ3n) is 3.63. The van der Waals surface area contributed by atoms with Crippen LogP contribution in [-0.2, 0) is 11.8 Å². The standard InChI is InChI=1S/C13H16N2O/c1-2-12-14-10-4-3-9(7-11(10)15-12)13(8-16)5-6-13/h3-4,7,16H,2,5-6,8H2,1H3,(H,14,15). The summed E-state index contributed by atoms with van der Waals surface area (Å²) in [6, 6.07) is 6.30. The first kappa shape index (κ1) is 9.85. The molecule has 0 bridgehead atoms. The molecule has 1 heterocycles. The molecule has 3 heteroatoms. The van der Waals surface area contributed by atoms with E-state index in [1.165, 1.54) is 5.56 Å². The zero-order valence-electron chi connectivity index (χ0n) is 9.45. The fourth-order valence-corrected chi connectivity index (χ4v) is 2.25. The molecule has 1 aliphatic carbocycles. The highest BCUT2D eigenvalue weighted by atomic mass is 16.3. The number of fused-ring (bicyclic) bond motifs is 1. The van der Waals surface area contributed by atoms with Gasteiger partial charge in [0.2, 0.25) is 0 Å². The molecule has 1 fully saturated rings. The van der Waals surface area contributed by atoms with E-state index in [0.717, 1.165) is 36.1 Å². The third-order valence-corrected chi connectivity index (χ3v) is 3.63. The van der Waals surface area contributed by atoms with Crippen LogP contribution >= 0.6 is 0 Å². The lowest BCUT2D eigenvalue weighted by Crippen LogP contribution is -2.11. The van der Waals surface area contributed by atoms with Gasteiger partial charge in [0.25, 0.3) is 0 Å². The molecular weight excluding hydrogens is 200 g/mol. The van der Waals surface area contributed by atoms with Gasteiger partial charge in [0.15, 0.2) is 0 Å². The number of benzene rings is 1. The lowest BCUT2D eigenvalue weighted by atomic mass is 9.97. The summed E-state index contributed by atoms with van der Waals surface area (Å²) in [5.74, 6) is 1.03. The summed E-state index contributed by atoms with van der Waals surface area (Å²) in [5.41, 5.74) is 3.41. The van der Waals surface area contributed by atoms with E-state index in [1.54, 1.807) is 0 Å². The van der Waals surface area contributed by atoms with E-state index >= 15 is 0 Å². The van der Waals surface area contributed by atoms with Gasteiger partial charge in [-0.2, -0.15) is 0 Å². The first-order chi connectivity index (χ1) is 7.77. The SMILES string of the molecule is CCc1nc2ccc(C3(CO)CC3)cc2[nH]1. The number of aliphatic hydroxyl groups excluding tert-OH is 1. The number of hydrogen-bond donors (Lipinski definition) is 2. The number of rotatable bonds is 3. The highest BCUT2D eigenvalue weighted by Gasteiger charge is 2.43. The molecule has 0 saturated heterocycles. The van der Waals surface area contributed by atoms with Gasteiger partial charge in [-0.1, -0.05) is 13.0 Å². The number of imidazole rings is 1. The van der Waals surface area contributed by atoms with Gasteiger partial charge in [-0.3, -0.25) is 0 Å². The maximum atomic E-state index is 9.41. The summed E-state index contributed by atoms with van der Waals surface area (Å²) in [5, 5.41) is 9.41. The largest absolute Gasteiger partial charge is 0.395 e. The van der Waals surface area contributed by atoms with Crippen LogP contribution in [0.4, 0.5) is 0 Å². The van der Waals surface area contributed by atoms with Gasteiger partial charge in [-0.15, -0.1) is 0 Å². The van der Waals surface area contributed by atoms with Crippen LogP contribution in [-0.4, -0.2) is 21.7 Å². The van der Waals surface area contributed by atoms with Crippen LogP contribution in [0.3, 0.4) is 0 Å². The Kier molecular flexibility index (Phi) is 2.04. The third kappa shape index (κ3) is 1.35. The van der Waals surface area contributed by atoms with Gasteiger partial charge in [0.05, 0.1) is 17.6 Å². The first-order valence-electron chi connectivity index (χ1n) is 5.87. The van der Waals surface area contributed by atoms with E-state index in [9.17, 15) is 5.11 Å². The molecule has 0 unspecified atom stereocenters. The molecule has 16 heavy (non-hydrogen) atoms. The lowest BCUT2D eigenvalue weighted by molar-refractivity contribution is 0.255. The van der Waals surface area contributed by atoms with Crippen molar-refractivity contribution in [2.75, 3.05) is 6.61 Å². The molecular formula is C13H16N2O. The van der Waals surface area contributed by atoms with Crippen LogP contribution in [0.2, 0.25) is 0 Å². The Hall–Kier alpha value is -1.35. The molecule has 3 nitrogen and oxygen atoms in total. The smallest absolute Gasteiger partial charge is 0.106 e. The van der Waals surface area contributed by atoms with Crippen molar-refractivity contribution in [3.8, 4) is 0 Å². The molecule has 0 radical (unpaired) electrons. The predicted octanol–water partition coefficient (Wildman–Crippen LogP) is 2.15. The predicted molar refractivity (Wildman–Crippen MR) is 63.5 cm³/mol. The number of aromatic amines is 1. The van der Waals surface area contributed by atoms with Gasteiger partial charge < -0.3 is 10.1 Å². The van der Waals surface area contributed by atoms with Crippen LogP contribution in [0, 0.1) is 0 Å². The molecule has 2 aromatic rings. The molecule has 0 amide bonds. The van der Waals surface area contributed by atoms with Gasteiger partial charge in [-0.25, -0.2) is 4.98 Å². The second-order valence-corrected chi connectivity index (χ2v) is 4.71. The Morgan fingerprint density at radius 2 is 2.25 bits per heavy atom. The van der Waals surface area contributed by atoms with Crippen molar-refractivity contribution in [2.45, 2.75) is 31.6 Å². The molecule has 1 aromatic heterocycles. The normalized spacial score (nSPS) is 17.9. The summed E-state index contributed by atoms with van der Waals surface area (Å²) in [6.07, 6.45) is 3.13. The quantitative estimate of drug-likeness (QED) is 0.826. The number of aliphatic hydroxyl groups is 1. The first-order valence-corrected chi connectivity index (χ1v) is 5.87. The second kappa shape index (κ2) is 3.32. The van der Waals surface area contributed by atoms with Crippen LogP contribution < -0.4 is 0 Å². The molecule has 1 aromatic carbocycles. The van der Waals surface area contributed by atoms with Crippen molar-refractivity contribution in [1.29, 1.82) is 0 Å². The molecule has 84 valence electrons. The maximum Gasteiger partial charge on any atom is 0.106 e. The van der Waals surface area contributed by atoms with Gasteiger partial charge >= 0.3 is 0 Å². The number of aromatic nitrogens is 2. The number of hydrogen-bond acceptors (Lipinski definition) is 2. The Morgan fingerprint density at radius 3 is 2.88 bits per heavy atom. The summed E-state index contributed by atoms with van der Waals surface area (Å²) < 4.78 is 0. The zero-order valence-corrected chi connectivity index (χ0v) is 9.45. The number of aryl methyl sites for hydroxylation is 1. The summed E-state index contributed by atoms with van der Waals surface area (Å²) in [6.45, 7) is 2.35. The van der Waals surface area contributed by atoms with Gasteiger partial charge in [-0.05, 0) is 30.5 Å². The zero-order chi connectivity index (χ0) is 11.2. The monoisotopic (exact) mass is 216 g/mol. The molecule has 3 rings (SSSR count). The van der Waals surface area contributed by atoms with E-state index in [-0.39, 0.29) is 12.0 Å². The molecule has 2 N–H and O–H groups in total. The Morgan fingerprint density at radius 1 is 1.44 bits per heavy atom. The maximum absolute atomic E-state index is 9.41. The van der Waals surface area contributed by atoms with E-state index in [2.05, 4.69) is 35.1 Å². The summed E-state index contributed by atoms with van der Waals surface area (Å²) in [4.78, 5) is 7.80. The van der Waals surface area contributed by atoms with Crippen molar-refractivity contribution in [3.05, 3.63) is 29.6 Å².